The summed E-state index contributed by atoms with van der Waals surface area (Å²) in [6, 6.07) is 3.88. The first kappa shape index (κ1) is 10.4. The Hall–Kier alpha value is -1.16. The minimum Gasteiger partial charge on any atom is -0.471 e. The molecule has 82 valence electrons. The third-order valence-corrected chi connectivity index (χ3v) is 2.44. The van der Waals surface area contributed by atoms with Crippen LogP contribution in [0.5, 0.6) is 5.88 Å². The molecule has 1 aromatic rings. The lowest BCUT2D eigenvalue weighted by Crippen LogP contribution is -2.50. The van der Waals surface area contributed by atoms with E-state index in [1.54, 1.807) is 0 Å². The number of nitrogens with one attached hydrogen (secondary N) is 1. The van der Waals surface area contributed by atoms with E-state index in [4.69, 9.17) is 4.74 Å². The van der Waals surface area contributed by atoms with E-state index >= 15 is 0 Å². The lowest BCUT2D eigenvalue weighted by molar-refractivity contribution is 0.134. The fourth-order valence-corrected chi connectivity index (χ4v) is 1.30. The Morgan fingerprint density at radius 1 is 1.27 bits per heavy atom. The summed E-state index contributed by atoms with van der Waals surface area (Å²) in [6.07, 6.45) is 0.264. The van der Waals surface area contributed by atoms with E-state index in [1.807, 2.05) is 12.1 Å². The minimum atomic E-state index is 0.0452. The molecule has 0 atom stereocenters. The maximum Gasteiger partial charge on any atom is 0.233 e. The SMILES string of the molecule is CC(C)(C)c1ccc(OC2CNC2)nn1. The molecule has 0 spiro atoms. The first-order chi connectivity index (χ1) is 7.05. The molecule has 1 aliphatic rings. The van der Waals surface area contributed by atoms with Crippen molar-refractivity contribution in [1.29, 1.82) is 0 Å². The number of aromatic nitrogens is 2. The Labute approximate surface area is 90.1 Å². The summed E-state index contributed by atoms with van der Waals surface area (Å²) in [5.41, 5.74) is 1.03. The molecule has 0 unspecified atom stereocenters. The van der Waals surface area contributed by atoms with Crippen molar-refractivity contribution in [3.63, 3.8) is 0 Å². The van der Waals surface area contributed by atoms with E-state index in [0.717, 1.165) is 18.8 Å². The van der Waals surface area contributed by atoms with Gasteiger partial charge in [0.2, 0.25) is 5.88 Å². The van der Waals surface area contributed by atoms with Gasteiger partial charge in [-0.2, -0.15) is 5.10 Å². The van der Waals surface area contributed by atoms with Crippen LogP contribution in [-0.4, -0.2) is 29.4 Å². The van der Waals surface area contributed by atoms with E-state index < -0.39 is 0 Å². The van der Waals surface area contributed by atoms with Crippen LogP contribution in [0.3, 0.4) is 0 Å². The van der Waals surface area contributed by atoms with Crippen molar-refractivity contribution in [3.8, 4) is 5.88 Å². The van der Waals surface area contributed by atoms with Crippen molar-refractivity contribution in [1.82, 2.24) is 15.5 Å². The van der Waals surface area contributed by atoms with E-state index in [-0.39, 0.29) is 11.5 Å². The van der Waals surface area contributed by atoms with Gasteiger partial charge in [0, 0.05) is 24.6 Å². The van der Waals surface area contributed by atoms with Gasteiger partial charge in [-0.3, -0.25) is 0 Å². The highest BCUT2D eigenvalue weighted by molar-refractivity contribution is 5.17. The van der Waals surface area contributed by atoms with Gasteiger partial charge in [0.1, 0.15) is 6.10 Å². The molecule has 1 N–H and O–H groups in total. The molecule has 1 aromatic heterocycles. The summed E-state index contributed by atoms with van der Waals surface area (Å²) in [4.78, 5) is 0. The number of rotatable bonds is 2. The third-order valence-electron chi connectivity index (χ3n) is 2.44. The Bertz CT molecular complexity index is 325. The molecule has 4 nitrogen and oxygen atoms in total. The zero-order valence-corrected chi connectivity index (χ0v) is 9.45. The predicted molar refractivity (Wildman–Crippen MR) is 58.0 cm³/mol. The van der Waals surface area contributed by atoms with E-state index in [2.05, 4.69) is 36.3 Å². The second-order valence-corrected chi connectivity index (χ2v) is 4.90. The summed E-state index contributed by atoms with van der Waals surface area (Å²) in [5.74, 6) is 0.620. The van der Waals surface area contributed by atoms with Crippen LogP contribution in [0.4, 0.5) is 0 Å². The quantitative estimate of drug-likeness (QED) is 0.789. The monoisotopic (exact) mass is 207 g/mol. The van der Waals surface area contributed by atoms with Gasteiger partial charge in [-0.05, 0) is 6.07 Å². The highest BCUT2D eigenvalue weighted by Crippen LogP contribution is 2.20. The molecular weight excluding hydrogens is 190 g/mol. The molecule has 0 radical (unpaired) electrons. The Kier molecular flexibility index (Phi) is 2.61. The molecule has 0 aliphatic carbocycles. The molecule has 2 heterocycles. The second-order valence-electron chi connectivity index (χ2n) is 4.90. The van der Waals surface area contributed by atoms with Crippen molar-refractivity contribution in [2.75, 3.05) is 13.1 Å². The topological polar surface area (TPSA) is 47.0 Å². The van der Waals surface area contributed by atoms with Crippen molar-refractivity contribution in [3.05, 3.63) is 17.8 Å². The largest absolute Gasteiger partial charge is 0.471 e. The number of ether oxygens (including phenoxy) is 1. The van der Waals surface area contributed by atoms with Gasteiger partial charge >= 0.3 is 0 Å². The third kappa shape index (κ3) is 2.45. The smallest absolute Gasteiger partial charge is 0.233 e. The summed E-state index contributed by atoms with van der Waals surface area (Å²) in [7, 11) is 0. The molecule has 0 aromatic carbocycles. The van der Waals surface area contributed by atoms with Crippen LogP contribution < -0.4 is 10.1 Å². The van der Waals surface area contributed by atoms with E-state index in [9.17, 15) is 0 Å². The number of hydrogen-bond donors (Lipinski definition) is 1. The Morgan fingerprint density at radius 2 is 2.00 bits per heavy atom. The summed E-state index contributed by atoms with van der Waals surface area (Å²) >= 11 is 0. The van der Waals surface area contributed by atoms with Gasteiger partial charge in [-0.25, -0.2) is 0 Å². The molecule has 1 aliphatic heterocycles. The molecule has 1 fully saturated rings. The number of nitrogens with zero attached hydrogens (tertiary/aromatic N) is 2. The van der Waals surface area contributed by atoms with Gasteiger partial charge < -0.3 is 10.1 Å². The maximum absolute atomic E-state index is 5.58. The van der Waals surface area contributed by atoms with Crippen LogP contribution in [0.1, 0.15) is 26.5 Å². The summed E-state index contributed by atoms with van der Waals surface area (Å²) in [5, 5.41) is 11.4. The van der Waals surface area contributed by atoms with Crippen LogP contribution >= 0.6 is 0 Å². The van der Waals surface area contributed by atoms with E-state index in [0.29, 0.717) is 5.88 Å². The van der Waals surface area contributed by atoms with Gasteiger partial charge in [0.15, 0.2) is 0 Å². The highest BCUT2D eigenvalue weighted by atomic mass is 16.5. The fourth-order valence-electron chi connectivity index (χ4n) is 1.30. The van der Waals surface area contributed by atoms with Gasteiger partial charge in [0.25, 0.3) is 0 Å². The summed E-state index contributed by atoms with van der Waals surface area (Å²) in [6.45, 7) is 8.17. The molecule has 0 saturated carbocycles. The van der Waals surface area contributed by atoms with Gasteiger partial charge in [0.05, 0.1) is 5.69 Å². The Balaban J connectivity index is 2.03. The fraction of sp³-hybridized carbons (Fsp3) is 0.636. The molecule has 1 saturated heterocycles. The molecule has 0 amide bonds. The van der Waals surface area contributed by atoms with Crippen molar-refractivity contribution in [2.24, 2.45) is 0 Å². The average molecular weight is 207 g/mol. The van der Waals surface area contributed by atoms with Crippen LogP contribution in [0.2, 0.25) is 0 Å². The first-order valence-electron chi connectivity index (χ1n) is 5.27. The Morgan fingerprint density at radius 3 is 2.40 bits per heavy atom. The average Bonchev–Trinajstić information content (AvgIpc) is 2.11. The lowest BCUT2D eigenvalue weighted by atomic mass is 9.92. The maximum atomic E-state index is 5.58. The van der Waals surface area contributed by atoms with E-state index in [1.165, 1.54) is 0 Å². The predicted octanol–water partition coefficient (Wildman–Crippen LogP) is 1.12. The molecule has 4 heteroatoms. The molecule has 15 heavy (non-hydrogen) atoms. The highest BCUT2D eigenvalue weighted by Gasteiger charge is 2.20. The zero-order chi connectivity index (χ0) is 10.9. The standard InChI is InChI=1S/C11H17N3O/c1-11(2,3)9-4-5-10(14-13-9)15-8-6-12-7-8/h4-5,8,12H,6-7H2,1-3H3. The molecule has 2 rings (SSSR count). The second kappa shape index (κ2) is 3.77. The van der Waals surface area contributed by atoms with Crippen LogP contribution in [-0.2, 0) is 5.41 Å². The van der Waals surface area contributed by atoms with Crippen LogP contribution in [0.25, 0.3) is 0 Å². The molecule has 0 bridgehead atoms. The van der Waals surface area contributed by atoms with Gasteiger partial charge in [-0.1, -0.05) is 20.8 Å². The van der Waals surface area contributed by atoms with Gasteiger partial charge in [-0.15, -0.1) is 5.10 Å². The van der Waals surface area contributed by atoms with Crippen LogP contribution in [0.15, 0.2) is 12.1 Å². The normalized spacial score (nSPS) is 17.3. The van der Waals surface area contributed by atoms with Crippen LogP contribution in [0, 0.1) is 0 Å². The first-order valence-corrected chi connectivity index (χ1v) is 5.27. The minimum absolute atomic E-state index is 0.0452. The van der Waals surface area contributed by atoms with Crippen molar-refractivity contribution < 1.29 is 4.74 Å². The van der Waals surface area contributed by atoms with Crippen molar-refractivity contribution in [2.45, 2.75) is 32.3 Å². The number of hydrogen-bond acceptors (Lipinski definition) is 4. The van der Waals surface area contributed by atoms with Crippen molar-refractivity contribution >= 4 is 0 Å². The summed E-state index contributed by atoms with van der Waals surface area (Å²) < 4.78 is 5.58. The zero-order valence-electron chi connectivity index (χ0n) is 9.45. The lowest BCUT2D eigenvalue weighted by Gasteiger charge is -2.27. The molecular formula is C11H17N3O.